The molecule has 5 heteroatoms. The molecular formula is C11H9N3OS. The SMILES string of the molecule is Nc1cc(-c2ccc3sccc3c2O)[nH]n1. The molecule has 0 aliphatic heterocycles. The number of hydrogen-bond acceptors (Lipinski definition) is 4. The van der Waals surface area contributed by atoms with Crippen LogP contribution in [0.4, 0.5) is 5.82 Å². The normalized spacial score (nSPS) is 11.0. The summed E-state index contributed by atoms with van der Waals surface area (Å²) in [5, 5.41) is 19.6. The predicted molar refractivity (Wildman–Crippen MR) is 65.5 cm³/mol. The summed E-state index contributed by atoms with van der Waals surface area (Å²) in [6, 6.07) is 7.44. The minimum absolute atomic E-state index is 0.266. The molecule has 2 aromatic heterocycles. The van der Waals surface area contributed by atoms with E-state index < -0.39 is 0 Å². The van der Waals surface area contributed by atoms with E-state index in [1.165, 1.54) is 0 Å². The summed E-state index contributed by atoms with van der Waals surface area (Å²) in [4.78, 5) is 0. The summed E-state index contributed by atoms with van der Waals surface area (Å²) in [5.41, 5.74) is 6.98. The molecule has 0 atom stereocenters. The van der Waals surface area contributed by atoms with Gasteiger partial charge in [0.25, 0.3) is 0 Å². The molecule has 0 saturated carbocycles. The Hall–Kier alpha value is -2.01. The number of aromatic amines is 1. The van der Waals surface area contributed by atoms with Crippen molar-refractivity contribution in [2.75, 3.05) is 5.73 Å². The van der Waals surface area contributed by atoms with Crippen molar-refractivity contribution in [1.29, 1.82) is 0 Å². The molecule has 2 heterocycles. The molecule has 0 bridgehead atoms. The summed E-state index contributed by atoms with van der Waals surface area (Å²) in [5.74, 6) is 0.683. The molecule has 0 unspecified atom stereocenters. The van der Waals surface area contributed by atoms with Crippen LogP contribution in [0.2, 0.25) is 0 Å². The van der Waals surface area contributed by atoms with Crippen molar-refractivity contribution in [2.24, 2.45) is 0 Å². The van der Waals surface area contributed by atoms with E-state index in [0.29, 0.717) is 5.82 Å². The van der Waals surface area contributed by atoms with Gasteiger partial charge in [-0.05, 0) is 23.6 Å². The predicted octanol–water partition coefficient (Wildman–Crippen LogP) is 2.58. The molecule has 0 aliphatic carbocycles. The van der Waals surface area contributed by atoms with E-state index in [9.17, 15) is 5.11 Å². The number of aromatic nitrogens is 2. The summed E-state index contributed by atoms with van der Waals surface area (Å²) >= 11 is 1.60. The lowest BCUT2D eigenvalue weighted by molar-refractivity contribution is 0.483. The lowest BCUT2D eigenvalue weighted by atomic mass is 10.1. The smallest absolute Gasteiger partial charge is 0.145 e. The Morgan fingerprint density at radius 3 is 2.94 bits per heavy atom. The van der Waals surface area contributed by atoms with Gasteiger partial charge < -0.3 is 10.8 Å². The van der Waals surface area contributed by atoms with Crippen LogP contribution < -0.4 is 5.73 Å². The van der Waals surface area contributed by atoms with Gasteiger partial charge in [0.2, 0.25) is 0 Å². The number of phenolic OH excluding ortho intramolecular Hbond substituents is 1. The number of H-pyrrole nitrogens is 1. The quantitative estimate of drug-likeness (QED) is 0.602. The average Bonchev–Trinajstić information content (AvgIpc) is 2.87. The third-order valence-corrected chi connectivity index (χ3v) is 3.38. The maximum absolute atomic E-state index is 10.1. The van der Waals surface area contributed by atoms with E-state index in [2.05, 4.69) is 10.2 Å². The van der Waals surface area contributed by atoms with Crippen LogP contribution in [0, 0.1) is 0 Å². The lowest BCUT2D eigenvalue weighted by Crippen LogP contribution is -1.81. The van der Waals surface area contributed by atoms with Crippen LogP contribution in [-0.4, -0.2) is 15.3 Å². The Morgan fingerprint density at radius 1 is 1.31 bits per heavy atom. The monoisotopic (exact) mass is 231 g/mol. The van der Waals surface area contributed by atoms with Crippen molar-refractivity contribution in [1.82, 2.24) is 10.2 Å². The molecule has 16 heavy (non-hydrogen) atoms. The molecular weight excluding hydrogens is 222 g/mol. The fourth-order valence-corrected chi connectivity index (χ4v) is 2.51. The molecule has 1 aromatic carbocycles. The summed E-state index contributed by atoms with van der Waals surface area (Å²) in [6.45, 7) is 0. The Labute approximate surface area is 95.3 Å². The van der Waals surface area contributed by atoms with Crippen molar-refractivity contribution in [3.8, 4) is 17.0 Å². The first kappa shape index (κ1) is 9.23. The molecule has 4 nitrogen and oxygen atoms in total. The van der Waals surface area contributed by atoms with Gasteiger partial charge in [0.05, 0.1) is 5.69 Å². The number of thiophene rings is 1. The summed E-state index contributed by atoms with van der Waals surface area (Å²) in [7, 11) is 0. The highest BCUT2D eigenvalue weighted by Crippen LogP contribution is 2.37. The van der Waals surface area contributed by atoms with Gasteiger partial charge in [-0.3, -0.25) is 5.10 Å². The van der Waals surface area contributed by atoms with E-state index >= 15 is 0 Å². The Morgan fingerprint density at radius 2 is 2.19 bits per heavy atom. The second-order valence-corrected chi connectivity index (χ2v) is 4.45. The van der Waals surface area contributed by atoms with Crippen molar-refractivity contribution in [2.45, 2.75) is 0 Å². The average molecular weight is 231 g/mol. The summed E-state index contributed by atoms with van der Waals surface area (Å²) < 4.78 is 1.06. The van der Waals surface area contributed by atoms with Crippen LogP contribution in [0.25, 0.3) is 21.3 Å². The number of rotatable bonds is 1. The number of nitrogens with two attached hydrogens (primary N) is 1. The van der Waals surface area contributed by atoms with Gasteiger partial charge in [-0.25, -0.2) is 0 Å². The van der Waals surface area contributed by atoms with Crippen LogP contribution in [0.5, 0.6) is 5.75 Å². The van der Waals surface area contributed by atoms with Crippen molar-refractivity contribution in [3.05, 3.63) is 29.6 Å². The number of phenols is 1. The number of nitrogens with zero attached hydrogens (tertiary/aromatic N) is 1. The van der Waals surface area contributed by atoms with Crippen LogP contribution in [-0.2, 0) is 0 Å². The van der Waals surface area contributed by atoms with E-state index in [-0.39, 0.29) is 5.75 Å². The van der Waals surface area contributed by atoms with E-state index in [4.69, 9.17) is 5.73 Å². The highest BCUT2D eigenvalue weighted by atomic mass is 32.1. The number of nitrogen functional groups attached to an aromatic ring is 1. The molecule has 0 aliphatic rings. The number of hydrogen-bond donors (Lipinski definition) is 3. The molecule has 0 fully saturated rings. The maximum Gasteiger partial charge on any atom is 0.145 e. The maximum atomic E-state index is 10.1. The minimum atomic E-state index is 0.266. The van der Waals surface area contributed by atoms with Crippen LogP contribution in [0.1, 0.15) is 0 Å². The third-order valence-electron chi connectivity index (χ3n) is 2.49. The lowest BCUT2D eigenvalue weighted by Gasteiger charge is -2.02. The zero-order valence-corrected chi connectivity index (χ0v) is 9.08. The number of benzene rings is 1. The zero-order valence-electron chi connectivity index (χ0n) is 8.27. The molecule has 0 amide bonds. The van der Waals surface area contributed by atoms with Crippen molar-refractivity contribution < 1.29 is 5.11 Å². The molecule has 0 saturated heterocycles. The first-order valence-corrected chi connectivity index (χ1v) is 5.64. The number of aromatic hydroxyl groups is 1. The number of fused-ring (bicyclic) bond motifs is 1. The van der Waals surface area contributed by atoms with Gasteiger partial charge in [-0.15, -0.1) is 11.3 Å². The van der Waals surface area contributed by atoms with Gasteiger partial charge in [0, 0.05) is 21.7 Å². The molecule has 3 aromatic rings. The molecule has 3 rings (SSSR count). The third kappa shape index (κ3) is 1.25. The van der Waals surface area contributed by atoms with Crippen molar-refractivity contribution in [3.63, 3.8) is 0 Å². The molecule has 4 N–H and O–H groups in total. The largest absolute Gasteiger partial charge is 0.507 e. The molecule has 0 radical (unpaired) electrons. The van der Waals surface area contributed by atoms with E-state index in [1.807, 2.05) is 23.6 Å². The Bertz CT molecular complexity index is 656. The van der Waals surface area contributed by atoms with Crippen LogP contribution in [0.15, 0.2) is 29.6 Å². The highest BCUT2D eigenvalue weighted by Gasteiger charge is 2.10. The van der Waals surface area contributed by atoms with Gasteiger partial charge in [-0.2, -0.15) is 5.10 Å². The zero-order chi connectivity index (χ0) is 11.1. The number of anilines is 1. The first-order chi connectivity index (χ1) is 7.75. The van der Waals surface area contributed by atoms with Gasteiger partial charge >= 0.3 is 0 Å². The fraction of sp³-hybridized carbons (Fsp3) is 0. The number of nitrogens with one attached hydrogen (secondary N) is 1. The minimum Gasteiger partial charge on any atom is -0.507 e. The molecule has 0 spiro atoms. The second kappa shape index (κ2) is 3.24. The highest BCUT2D eigenvalue weighted by molar-refractivity contribution is 7.17. The fourth-order valence-electron chi connectivity index (χ4n) is 1.72. The Kier molecular flexibility index (Phi) is 1.87. The van der Waals surface area contributed by atoms with E-state index in [1.54, 1.807) is 17.4 Å². The second-order valence-electron chi connectivity index (χ2n) is 3.50. The van der Waals surface area contributed by atoms with E-state index in [0.717, 1.165) is 21.3 Å². The van der Waals surface area contributed by atoms with Crippen LogP contribution in [0.3, 0.4) is 0 Å². The standard InChI is InChI=1S/C11H9N3OS/c12-10-5-8(13-14-10)6-1-2-9-7(11(6)15)3-4-16-9/h1-5,15H,(H3,12,13,14). The van der Waals surface area contributed by atoms with Gasteiger partial charge in [-0.1, -0.05) is 0 Å². The van der Waals surface area contributed by atoms with Crippen LogP contribution >= 0.6 is 11.3 Å². The van der Waals surface area contributed by atoms with Gasteiger partial charge in [0.1, 0.15) is 11.6 Å². The summed E-state index contributed by atoms with van der Waals surface area (Å²) in [6.07, 6.45) is 0. The van der Waals surface area contributed by atoms with Gasteiger partial charge in [0.15, 0.2) is 0 Å². The molecule has 80 valence electrons. The topological polar surface area (TPSA) is 74.9 Å². The Balaban J connectivity index is 2.27. The van der Waals surface area contributed by atoms with Crippen molar-refractivity contribution >= 4 is 27.2 Å². The first-order valence-electron chi connectivity index (χ1n) is 4.76.